The lowest BCUT2D eigenvalue weighted by Gasteiger charge is -2.10. The summed E-state index contributed by atoms with van der Waals surface area (Å²) in [5.41, 5.74) is 0.523. The summed E-state index contributed by atoms with van der Waals surface area (Å²) < 4.78 is 0. The van der Waals surface area contributed by atoms with Gasteiger partial charge in [0.2, 0.25) is 5.28 Å². The molecule has 1 aromatic rings. The van der Waals surface area contributed by atoms with E-state index in [2.05, 4.69) is 9.97 Å². The fourth-order valence-electron chi connectivity index (χ4n) is 0.890. The van der Waals surface area contributed by atoms with E-state index in [9.17, 15) is 0 Å². The van der Waals surface area contributed by atoms with Crippen LogP contribution in [0.3, 0.4) is 0 Å². The number of halogens is 3. The fraction of sp³-hybridized carbons (Fsp3) is 0.429. The Labute approximate surface area is 90.7 Å². The Kier molecular flexibility index (Phi) is 3.74. The Hall–Kier alpha value is -0.0900. The monoisotopic (exact) mass is 240 g/mol. The highest BCUT2D eigenvalue weighted by Gasteiger charge is 2.16. The van der Waals surface area contributed by atoms with Crippen molar-refractivity contribution >= 4 is 34.8 Å². The molecule has 0 aliphatic carbocycles. The van der Waals surface area contributed by atoms with Gasteiger partial charge in [-0.15, -0.1) is 0 Å². The number of nitrogens with zero attached hydrogens (tertiary/aromatic N) is 2. The van der Waals surface area contributed by atoms with Crippen LogP contribution >= 0.6 is 34.8 Å². The normalized spacial score (nSPS) is 13.0. The van der Waals surface area contributed by atoms with E-state index < -0.39 is 0 Å². The van der Waals surface area contributed by atoms with Crippen LogP contribution in [0.5, 0.6) is 0 Å². The summed E-state index contributed by atoms with van der Waals surface area (Å²) in [5, 5.41) is 9.28. The molecule has 0 amide bonds. The maximum absolute atomic E-state index is 8.90. The van der Waals surface area contributed by atoms with Crippen molar-refractivity contribution in [2.75, 3.05) is 6.61 Å². The van der Waals surface area contributed by atoms with E-state index in [1.165, 1.54) is 0 Å². The maximum atomic E-state index is 8.90. The SMILES string of the molecule is C[C@@H](CO)c1c(Cl)nc(Cl)nc1Cl. The molecule has 0 saturated carbocycles. The smallest absolute Gasteiger partial charge is 0.225 e. The molecule has 0 aliphatic rings. The van der Waals surface area contributed by atoms with Crippen molar-refractivity contribution < 1.29 is 5.11 Å². The summed E-state index contributed by atoms with van der Waals surface area (Å²) in [5.74, 6) is -0.197. The van der Waals surface area contributed by atoms with Crippen molar-refractivity contribution in [3.05, 3.63) is 21.2 Å². The Morgan fingerprint density at radius 1 is 1.23 bits per heavy atom. The van der Waals surface area contributed by atoms with Crippen LogP contribution < -0.4 is 0 Å². The molecule has 0 saturated heterocycles. The lowest BCUT2D eigenvalue weighted by molar-refractivity contribution is 0.272. The van der Waals surface area contributed by atoms with Gasteiger partial charge in [-0.3, -0.25) is 0 Å². The van der Waals surface area contributed by atoms with Crippen molar-refractivity contribution in [3.8, 4) is 0 Å². The highest BCUT2D eigenvalue weighted by molar-refractivity contribution is 6.36. The first kappa shape index (κ1) is 11.0. The average Bonchev–Trinajstić information content (AvgIpc) is 2.02. The number of hydrogen-bond donors (Lipinski definition) is 1. The standard InChI is InChI=1S/C7H7Cl3N2O/c1-3(2-13)4-5(8)11-7(10)12-6(4)9/h3,13H,2H2,1H3/t3-/m0/s1. The van der Waals surface area contributed by atoms with E-state index in [4.69, 9.17) is 39.9 Å². The van der Waals surface area contributed by atoms with Gasteiger partial charge in [-0.25, -0.2) is 9.97 Å². The average molecular weight is 242 g/mol. The molecule has 0 unspecified atom stereocenters. The third kappa shape index (κ3) is 2.44. The second kappa shape index (κ2) is 4.42. The Morgan fingerprint density at radius 3 is 2.08 bits per heavy atom. The van der Waals surface area contributed by atoms with Crippen LogP contribution in [-0.4, -0.2) is 21.7 Å². The predicted molar refractivity (Wildman–Crippen MR) is 52.6 cm³/mol. The van der Waals surface area contributed by atoms with Gasteiger partial charge in [-0.2, -0.15) is 0 Å². The minimum Gasteiger partial charge on any atom is -0.396 e. The molecule has 0 radical (unpaired) electrons. The van der Waals surface area contributed by atoms with Crippen molar-refractivity contribution in [3.63, 3.8) is 0 Å². The predicted octanol–water partition coefficient (Wildman–Crippen LogP) is 2.53. The molecular formula is C7H7Cl3N2O. The summed E-state index contributed by atoms with van der Waals surface area (Å²) in [7, 11) is 0. The van der Waals surface area contributed by atoms with Crippen LogP contribution in [-0.2, 0) is 0 Å². The Morgan fingerprint density at radius 2 is 1.69 bits per heavy atom. The van der Waals surface area contributed by atoms with Gasteiger partial charge in [0.05, 0.1) is 0 Å². The summed E-state index contributed by atoms with van der Waals surface area (Å²) in [6, 6.07) is 0. The minimum atomic E-state index is -0.197. The molecule has 1 rings (SSSR count). The van der Waals surface area contributed by atoms with Gasteiger partial charge >= 0.3 is 0 Å². The van der Waals surface area contributed by atoms with Gasteiger partial charge in [0.25, 0.3) is 0 Å². The molecule has 0 bridgehead atoms. The first-order valence-electron chi connectivity index (χ1n) is 3.55. The topological polar surface area (TPSA) is 46.0 Å². The minimum absolute atomic E-state index is 0.00360. The van der Waals surface area contributed by atoms with Crippen LogP contribution in [0.4, 0.5) is 0 Å². The summed E-state index contributed by atoms with van der Waals surface area (Å²) in [6.07, 6.45) is 0. The van der Waals surface area contributed by atoms with E-state index in [0.29, 0.717) is 5.56 Å². The maximum Gasteiger partial charge on any atom is 0.225 e. The van der Waals surface area contributed by atoms with Crippen LogP contribution in [0.25, 0.3) is 0 Å². The summed E-state index contributed by atoms with van der Waals surface area (Å²) in [6.45, 7) is 1.70. The third-order valence-corrected chi connectivity index (χ3v) is 2.34. The molecule has 6 heteroatoms. The zero-order valence-electron chi connectivity index (χ0n) is 6.76. The first-order valence-corrected chi connectivity index (χ1v) is 4.69. The molecule has 72 valence electrons. The second-order valence-electron chi connectivity index (χ2n) is 2.57. The summed E-state index contributed by atoms with van der Waals surface area (Å²) in [4.78, 5) is 7.46. The van der Waals surface area contributed by atoms with Crippen molar-refractivity contribution in [1.82, 2.24) is 9.97 Å². The van der Waals surface area contributed by atoms with Crippen LogP contribution in [0.15, 0.2) is 0 Å². The van der Waals surface area contributed by atoms with Gasteiger partial charge in [0.1, 0.15) is 10.3 Å². The molecule has 1 atom stereocenters. The number of hydrogen-bond acceptors (Lipinski definition) is 3. The zero-order valence-corrected chi connectivity index (χ0v) is 9.03. The van der Waals surface area contributed by atoms with Crippen molar-refractivity contribution in [2.24, 2.45) is 0 Å². The molecule has 1 N–H and O–H groups in total. The molecular weight excluding hydrogens is 234 g/mol. The first-order chi connectivity index (χ1) is 6.06. The highest BCUT2D eigenvalue weighted by atomic mass is 35.5. The third-order valence-electron chi connectivity index (χ3n) is 1.59. The highest BCUT2D eigenvalue weighted by Crippen LogP contribution is 2.29. The van der Waals surface area contributed by atoms with Crippen molar-refractivity contribution in [2.45, 2.75) is 12.8 Å². The number of rotatable bonds is 2. The van der Waals surface area contributed by atoms with Crippen LogP contribution in [0, 0.1) is 0 Å². The number of aliphatic hydroxyl groups excluding tert-OH is 1. The Bertz CT molecular complexity index is 296. The largest absolute Gasteiger partial charge is 0.396 e. The lowest BCUT2D eigenvalue weighted by Crippen LogP contribution is -2.03. The van der Waals surface area contributed by atoms with E-state index in [0.717, 1.165) is 0 Å². The summed E-state index contributed by atoms with van der Waals surface area (Å²) >= 11 is 17.1. The van der Waals surface area contributed by atoms with Gasteiger partial charge in [-0.1, -0.05) is 30.1 Å². The van der Waals surface area contributed by atoms with Crippen LogP contribution in [0.1, 0.15) is 18.4 Å². The molecule has 0 aliphatic heterocycles. The van der Waals surface area contributed by atoms with E-state index >= 15 is 0 Å². The van der Waals surface area contributed by atoms with Gasteiger partial charge < -0.3 is 5.11 Å². The quantitative estimate of drug-likeness (QED) is 0.639. The molecule has 0 spiro atoms. The molecule has 3 nitrogen and oxygen atoms in total. The molecule has 0 fully saturated rings. The molecule has 1 aromatic heterocycles. The Balaban J connectivity index is 3.20. The lowest BCUT2D eigenvalue weighted by atomic mass is 10.1. The number of aromatic nitrogens is 2. The van der Waals surface area contributed by atoms with Gasteiger partial charge in [0.15, 0.2) is 0 Å². The van der Waals surface area contributed by atoms with Gasteiger partial charge in [-0.05, 0) is 11.6 Å². The van der Waals surface area contributed by atoms with Crippen molar-refractivity contribution in [1.29, 1.82) is 0 Å². The van der Waals surface area contributed by atoms with Crippen LogP contribution in [0.2, 0.25) is 15.6 Å². The molecule has 0 aromatic carbocycles. The fourth-order valence-corrected chi connectivity index (χ4v) is 1.91. The number of aliphatic hydroxyl groups is 1. The van der Waals surface area contributed by atoms with E-state index in [1.54, 1.807) is 6.92 Å². The van der Waals surface area contributed by atoms with E-state index in [1.807, 2.05) is 0 Å². The van der Waals surface area contributed by atoms with Gasteiger partial charge in [0, 0.05) is 18.1 Å². The second-order valence-corrected chi connectivity index (χ2v) is 3.63. The molecule has 1 heterocycles. The zero-order chi connectivity index (χ0) is 10.0. The van der Waals surface area contributed by atoms with E-state index in [-0.39, 0.29) is 28.1 Å². The molecule has 13 heavy (non-hydrogen) atoms.